The third kappa shape index (κ3) is 3.83. The minimum absolute atomic E-state index is 0.139. The van der Waals surface area contributed by atoms with Crippen LogP contribution in [0.3, 0.4) is 0 Å². The quantitative estimate of drug-likeness (QED) is 0.728. The first-order valence-electron chi connectivity index (χ1n) is 5.75. The van der Waals surface area contributed by atoms with Crippen LogP contribution >= 0.6 is 0 Å². The van der Waals surface area contributed by atoms with Gasteiger partial charge in [0, 0.05) is 24.8 Å². The number of phenolic OH excluding ortho intramolecular Hbond substituents is 1. The van der Waals surface area contributed by atoms with Crippen LogP contribution in [-0.4, -0.2) is 24.9 Å². The fourth-order valence-corrected chi connectivity index (χ4v) is 1.62. The lowest BCUT2D eigenvalue weighted by molar-refractivity contribution is 0.147. The van der Waals surface area contributed by atoms with Gasteiger partial charge in [0.05, 0.1) is 6.61 Å². The molecule has 0 radical (unpaired) electrons. The van der Waals surface area contributed by atoms with E-state index in [0.717, 1.165) is 24.3 Å². The van der Waals surface area contributed by atoms with E-state index in [1.807, 2.05) is 32.9 Å². The summed E-state index contributed by atoms with van der Waals surface area (Å²) in [7, 11) is 0. The molecule has 1 atom stereocenters. The third-order valence-corrected chi connectivity index (χ3v) is 2.55. The molecule has 1 rings (SSSR count). The summed E-state index contributed by atoms with van der Waals surface area (Å²) in [6.07, 6.45) is 0. The second-order valence-corrected chi connectivity index (χ2v) is 3.94. The summed E-state index contributed by atoms with van der Waals surface area (Å²) in [5.41, 5.74) is 2.10. The molecular weight excluding hydrogens is 202 g/mol. The van der Waals surface area contributed by atoms with Crippen LogP contribution in [0, 0.1) is 6.92 Å². The van der Waals surface area contributed by atoms with Crippen molar-refractivity contribution < 1.29 is 9.84 Å². The minimum Gasteiger partial charge on any atom is -0.508 e. The molecule has 2 N–H and O–H groups in total. The van der Waals surface area contributed by atoms with Crippen LogP contribution in [0.2, 0.25) is 0 Å². The van der Waals surface area contributed by atoms with E-state index in [0.29, 0.717) is 12.4 Å². The Morgan fingerprint density at radius 1 is 1.44 bits per heavy atom. The van der Waals surface area contributed by atoms with E-state index in [2.05, 4.69) is 5.32 Å². The summed E-state index contributed by atoms with van der Waals surface area (Å²) < 4.78 is 5.25. The zero-order valence-corrected chi connectivity index (χ0v) is 10.3. The molecule has 1 aromatic carbocycles. The molecule has 0 aliphatic carbocycles. The van der Waals surface area contributed by atoms with Crippen molar-refractivity contribution in [3.8, 4) is 5.75 Å². The molecule has 0 fully saturated rings. The molecule has 16 heavy (non-hydrogen) atoms. The Balaban J connectivity index is 2.51. The van der Waals surface area contributed by atoms with Crippen LogP contribution in [0.5, 0.6) is 5.75 Å². The van der Waals surface area contributed by atoms with Crippen LogP contribution in [0.4, 0.5) is 0 Å². The normalized spacial score (nSPS) is 12.7. The second-order valence-electron chi connectivity index (χ2n) is 3.94. The fraction of sp³-hybridized carbons (Fsp3) is 0.538. The largest absolute Gasteiger partial charge is 0.508 e. The molecule has 0 aromatic heterocycles. The molecule has 3 nitrogen and oxygen atoms in total. The average molecular weight is 223 g/mol. The number of phenols is 1. The van der Waals surface area contributed by atoms with Gasteiger partial charge in [0.1, 0.15) is 5.75 Å². The van der Waals surface area contributed by atoms with Gasteiger partial charge in [-0.25, -0.2) is 0 Å². The molecule has 0 amide bonds. The van der Waals surface area contributed by atoms with E-state index >= 15 is 0 Å². The van der Waals surface area contributed by atoms with E-state index in [-0.39, 0.29) is 6.04 Å². The molecule has 0 bridgehead atoms. The highest BCUT2D eigenvalue weighted by Gasteiger charge is 2.09. The molecule has 3 heteroatoms. The third-order valence-electron chi connectivity index (χ3n) is 2.55. The average Bonchev–Trinajstić information content (AvgIpc) is 2.27. The zero-order chi connectivity index (χ0) is 12.0. The molecular formula is C13H21NO2. The molecule has 0 aliphatic heterocycles. The van der Waals surface area contributed by atoms with Crippen LogP contribution in [0.15, 0.2) is 18.2 Å². The SMILES string of the molecule is CCOCCNC(C)c1cc(C)ccc1O. The number of benzene rings is 1. The Labute approximate surface area is 97.4 Å². The Morgan fingerprint density at radius 3 is 2.88 bits per heavy atom. The molecule has 90 valence electrons. The summed E-state index contributed by atoms with van der Waals surface area (Å²) in [6.45, 7) is 8.29. The maximum atomic E-state index is 9.74. The molecule has 1 aromatic rings. The Hall–Kier alpha value is -1.06. The number of rotatable bonds is 6. The summed E-state index contributed by atoms with van der Waals surface area (Å²) >= 11 is 0. The predicted octanol–water partition coefficient (Wildman–Crippen LogP) is 2.39. The van der Waals surface area contributed by atoms with Gasteiger partial charge in [-0.15, -0.1) is 0 Å². The summed E-state index contributed by atoms with van der Waals surface area (Å²) in [4.78, 5) is 0. The minimum atomic E-state index is 0.139. The predicted molar refractivity (Wildman–Crippen MR) is 65.8 cm³/mol. The standard InChI is InChI=1S/C13H21NO2/c1-4-16-8-7-14-11(3)12-9-10(2)5-6-13(12)15/h5-6,9,11,14-15H,4,7-8H2,1-3H3. The number of ether oxygens (including phenoxy) is 1. The molecule has 1 unspecified atom stereocenters. The van der Waals surface area contributed by atoms with Gasteiger partial charge < -0.3 is 15.2 Å². The van der Waals surface area contributed by atoms with Crippen molar-refractivity contribution in [3.63, 3.8) is 0 Å². The maximum Gasteiger partial charge on any atom is 0.120 e. The number of aromatic hydroxyl groups is 1. The van der Waals surface area contributed by atoms with Crippen LogP contribution in [0.25, 0.3) is 0 Å². The van der Waals surface area contributed by atoms with E-state index in [1.165, 1.54) is 0 Å². The van der Waals surface area contributed by atoms with Crippen molar-refractivity contribution in [2.24, 2.45) is 0 Å². The van der Waals surface area contributed by atoms with Crippen LogP contribution in [0.1, 0.15) is 31.0 Å². The van der Waals surface area contributed by atoms with Crippen molar-refractivity contribution in [1.29, 1.82) is 0 Å². The highest BCUT2D eigenvalue weighted by Crippen LogP contribution is 2.24. The monoisotopic (exact) mass is 223 g/mol. The number of aryl methyl sites for hydroxylation is 1. The van der Waals surface area contributed by atoms with Crippen molar-refractivity contribution in [2.75, 3.05) is 19.8 Å². The van der Waals surface area contributed by atoms with E-state index in [4.69, 9.17) is 4.74 Å². The number of nitrogens with one attached hydrogen (secondary N) is 1. The number of hydrogen-bond acceptors (Lipinski definition) is 3. The van der Waals surface area contributed by atoms with Crippen molar-refractivity contribution in [2.45, 2.75) is 26.8 Å². The zero-order valence-electron chi connectivity index (χ0n) is 10.3. The highest BCUT2D eigenvalue weighted by molar-refractivity contribution is 5.37. The second kappa shape index (κ2) is 6.51. The Morgan fingerprint density at radius 2 is 2.19 bits per heavy atom. The van der Waals surface area contributed by atoms with Gasteiger partial charge in [0.25, 0.3) is 0 Å². The first-order chi connectivity index (χ1) is 7.65. The Kier molecular flexibility index (Phi) is 5.29. The van der Waals surface area contributed by atoms with Gasteiger partial charge in [0.2, 0.25) is 0 Å². The van der Waals surface area contributed by atoms with Crippen molar-refractivity contribution >= 4 is 0 Å². The lowest BCUT2D eigenvalue weighted by Crippen LogP contribution is -2.23. The van der Waals surface area contributed by atoms with E-state index in [9.17, 15) is 5.11 Å². The highest BCUT2D eigenvalue weighted by atomic mass is 16.5. The Bertz CT molecular complexity index is 326. The van der Waals surface area contributed by atoms with Crippen molar-refractivity contribution in [1.82, 2.24) is 5.32 Å². The first kappa shape index (κ1) is 13.0. The number of hydrogen-bond donors (Lipinski definition) is 2. The summed E-state index contributed by atoms with van der Waals surface area (Å²) in [6, 6.07) is 5.80. The smallest absolute Gasteiger partial charge is 0.120 e. The maximum absolute atomic E-state index is 9.74. The summed E-state index contributed by atoms with van der Waals surface area (Å²) in [5.74, 6) is 0.349. The lowest BCUT2D eigenvalue weighted by Gasteiger charge is -2.16. The molecule has 0 saturated heterocycles. The van der Waals surface area contributed by atoms with Gasteiger partial charge in [0.15, 0.2) is 0 Å². The fourth-order valence-electron chi connectivity index (χ4n) is 1.62. The summed E-state index contributed by atoms with van der Waals surface area (Å²) in [5, 5.41) is 13.1. The topological polar surface area (TPSA) is 41.5 Å². The van der Waals surface area contributed by atoms with E-state index < -0.39 is 0 Å². The molecule has 0 aliphatic rings. The van der Waals surface area contributed by atoms with Crippen LogP contribution < -0.4 is 5.32 Å². The molecule has 0 spiro atoms. The van der Waals surface area contributed by atoms with Gasteiger partial charge in [-0.05, 0) is 26.8 Å². The van der Waals surface area contributed by atoms with Gasteiger partial charge in [-0.1, -0.05) is 17.7 Å². The van der Waals surface area contributed by atoms with E-state index in [1.54, 1.807) is 6.07 Å². The first-order valence-corrected chi connectivity index (χ1v) is 5.75. The van der Waals surface area contributed by atoms with Crippen LogP contribution in [-0.2, 0) is 4.74 Å². The van der Waals surface area contributed by atoms with Gasteiger partial charge >= 0.3 is 0 Å². The molecule has 0 heterocycles. The van der Waals surface area contributed by atoms with Crippen molar-refractivity contribution in [3.05, 3.63) is 29.3 Å². The van der Waals surface area contributed by atoms with Gasteiger partial charge in [-0.2, -0.15) is 0 Å². The molecule has 0 saturated carbocycles. The van der Waals surface area contributed by atoms with Gasteiger partial charge in [-0.3, -0.25) is 0 Å². The lowest BCUT2D eigenvalue weighted by atomic mass is 10.0.